The molecular formula is C15H17NO4. The van der Waals surface area contributed by atoms with Crippen molar-refractivity contribution >= 4 is 17.6 Å². The standard InChI is InChI=1S/C15H17NO4/c17-10-3-4-13(12(7-10)15(19)20)16-14(18)11-6-8-1-2-9(11)5-8/h3-4,7-9,11,17H,1-2,5-6H2,(H,16,18)(H,19,20). The van der Waals surface area contributed by atoms with Gasteiger partial charge in [0.1, 0.15) is 5.75 Å². The molecule has 3 N–H and O–H groups in total. The number of benzene rings is 1. The van der Waals surface area contributed by atoms with E-state index >= 15 is 0 Å². The molecule has 0 heterocycles. The van der Waals surface area contributed by atoms with Crippen LogP contribution >= 0.6 is 0 Å². The molecule has 2 saturated carbocycles. The summed E-state index contributed by atoms with van der Waals surface area (Å²) in [5.74, 6) is -0.265. The maximum atomic E-state index is 12.3. The first-order valence-electron chi connectivity index (χ1n) is 6.91. The van der Waals surface area contributed by atoms with Crippen LogP contribution in [0.15, 0.2) is 18.2 Å². The molecule has 5 heteroatoms. The Hall–Kier alpha value is -2.04. The Morgan fingerprint density at radius 2 is 2.00 bits per heavy atom. The van der Waals surface area contributed by atoms with Gasteiger partial charge in [-0.05, 0) is 49.3 Å². The fourth-order valence-electron chi connectivity index (χ4n) is 3.61. The summed E-state index contributed by atoms with van der Waals surface area (Å²) < 4.78 is 0. The molecule has 0 saturated heterocycles. The Morgan fingerprint density at radius 1 is 1.20 bits per heavy atom. The highest BCUT2D eigenvalue weighted by molar-refractivity contribution is 6.01. The van der Waals surface area contributed by atoms with Crippen LogP contribution in [0.4, 0.5) is 5.69 Å². The van der Waals surface area contributed by atoms with Gasteiger partial charge in [0.2, 0.25) is 5.91 Å². The molecule has 1 aromatic carbocycles. The molecule has 0 aliphatic heterocycles. The number of carboxylic acids is 1. The van der Waals surface area contributed by atoms with Gasteiger partial charge in [0.05, 0.1) is 11.3 Å². The van der Waals surface area contributed by atoms with E-state index in [1.807, 2.05) is 0 Å². The van der Waals surface area contributed by atoms with Crippen LogP contribution in [0, 0.1) is 17.8 Å². The molecule has 0 aromatic heterocycles. The maximum Gasteiger partial charge on any atom is 0.337 e. The Morgan fingerprint density at radius 3 is 2.60 bits per heavy atom. The first-order valence-corrected chi connectivity index (χ1v) is 6.91. The summed E-state index contributed by atoms with van der Waals surface area (Å²) in [6.45, 7) is 0. The minimum atomic E-state index is -1.16. The third kappa shape index (κ3) is 2.24. The van der Waals surface area contributed by atoms with Crippen molar-refractivity contribution in [1.82, 2.24) is 0 Å². The van der Waals surface area contributed by atoms with E-state index in [4.69, 9.17) is 5.11 Å². The van der Waals surface area contributed by atoms with E-state index in [0.717, 1.165) is 25.3 Å². The predicted octanol–water partition coefficient (Wildman–Crippen LogP) is 2.47. The van der Waals surface area contributed by atoms with Crippen LogP contribution in [0.5, 0.6) is 5.75 Å². The largest absolute Gasteiger partial charge is 0.508 e. The summed E-state index contributed by atoms with van der Waals surface area (Å²) in [5, 5.41) is 21.2. The van der Waals surface area contributed by atoms with Crippen LogP contribution < -0.4 is 5.32 Å². The number of rotatable bonds is 3. The lowest BCUT2D eigenvalue weighted by atomic mass is 9.88. The molecule has 1 aromatic rings. The van der Waals surface area contributed by atoms with Gasteiger partial charge < -0.3 is 15.5 Å². The van der Waals surface area contributed by atoms with Gasteiger partial charge in [-0.25, -0.2) is 4.79 Å². The quantitative estimate of drug-likeness (QED) is 0.739. The average Bonchev–Trinajstić information content (AvgIpc) is 3.03. The van der Waals surface area contributed by atoms with Crippen molar-refractivity contribution in [3.05, 3.63) is 23.8 Å². The van der Waals surface area contributed by atoms with E-state index in [1.54, 1.807) is 0 Å². The summed E-state index contributed by atoms with van der Waals surface area (Å²) in [7, 11) is 0. The van der Waals surface area contributed by atoms with Gasteiger partial charge in [-0.3, -0.25) is 4.79 Å². The van der Waals surface area contributed by atoms with Gasteiger partial charge in [-0.15, -0.1) is 0 Å². The van der Waals surface area contributed by atoms with Crippen LogP contribution in [0.25, 0.3) is 0 Å². The molecule has 2 fully saturated rings. The first kappa shape index (κ1) is 13.0. The van der Waals surface area contributed by atoms with E-state index < -0.39 is 5.97 Å². The summed E-state index contributed by atoms with van der Waals surface area (Å²) in [4.78, 5) is 23.4. The molecule has 2 aliphatic rings. The normalized spacial score (nSPS) is 27.5. The average molecular weight is 275 g/mol. The summed E-state index contributed by atoms with van der Waals surface area (Å²) in [6, 6.07) is 3.96. The zero-order valence-electron chi connectivity index (χ0n) is 11.0. The third-order valence-electron chi connectivity index (χ3n) is 4.57. The lowest BCUT2D eigenvalue weighted by molar-refractivity contribution is -0.121. The minimum Gasteiger partial charge on any atom is -0.508 e. The molecule has 3 unspecified atom stereocenters. The molecule has 0 radical (unpaired) electrons. The Bertz CT molecular complexity index is 569. The molecule has 2 bridgehead atoms. The number of anilines is 1. The zero-order valence-corrected chi connectivity index (χ0v) is 11.0. The molecule has 20 heavy (non-hydrogen) atoms. The second-order valence-electron chi connectivity index (χ2n) is 5.81. The van der Waals surface area contributed by atoms with Crippen LogP contribution in [0.3, 0.4) is 0 Å². The predicted molar refractivity (Wildman–Crippen MR) is 72.6 cm³/mol. The number of nitrogens with one attached hydrogen (secondary N) is 1. The second-order valence-corrected chi connectivity index (χ2v) is 5.81. The number of carbonyl (C=O) groups excluding carboxylic acids is 1. The lowest BCUT2D eigenvalue weighted by Crippen LogP contribution is -2.27. The SMILES string of the molecule is O=C(O)c1cc(O)ccc1NC(=O)C1CC2CCC1C2. The van der Waals surface area contributed by atoms with E-state index in [-0.39, 0.29) is 28.8 Å². The van der Waals surface area contributed by atoms with Crippen molar-refractivity contribution in [3.8, 4) is 5.75 Å². The summed E-state index contributed by atoms with van der Waals surface area (Å²) >= 11 is 0. The van der Waals surface area contributed by atoms with Crippen LogP contribution in [-0.4, -0.2) is 22.1 Å². The van der Waals surface area contributed by atoms with Gasteiger partial charge in [0.25, 0.3) is 0 Å². The smallest absolute Gasteiger partial charge is 0.337 e. The van der Waals surface area contributed by atoms with Crippen LogP contribution in [-0.2, 0) is 4.79 Å². The number of carbonyl (C=O) groups is 2. The molecule has 1 amide bonds. The number of fused-ring (bicyclic) bond motifs is 2. The highest BCUT2D eigenvalue weighted by atomic mass is 16.4. The number of hydrogen-bond donors (Lipinski definition) is 3. The Balaban J connectivity index is 1.78. The minimum absolute atomic E-state index is 0.00389. The Kier molecular flexibility index (Phi) is 3.12. The number of aromatic carboxylic acids is 1. The molecule has 3 rings (SSSR count). The third-order valence-corrected chi connectivity index (χ3v) is 4.57. The highest BCUT2D eigenvalue weighted by Crippen LogP contribution is 2.48. The van der Waals surface area contributed by atoms with E-state index in [9.17, 15) is 14.7 Å². The van der Waals surface area contributed by atoms with Gasteiger partial charge >= 0.3 is 5.97 Å². The van der Waals surface area contributed by atoms with Crippen molar-refractivity contribution in [3.63, 3.8) is 0 Å². The molecule has 3 atom stereocenters. The monoisotopic (exact) mass is 275 g/mol. The number of phenolic OH excluding ortho intramolecular Hbond substituents is 1. The molecule has 106 valence electrons. The van der Waals surface area contributed by atoms with E-state index in [2.05, 4.69) is 5.32 Å². The summed E-state index contributed by atoms with van der Waals surface area (Å²) in [5.41, 5.74) is 0.171. The van der Waals surface area contributed by atoms with Gasteiger partial charge in [0, 0.05) is 5.92 Å². The van der Waals surface area contributed by atoms with Crippen molar-refractivity contribution in [2.75, 3.05) is 5.32 Å². The number of aromatic hydroxyl groups is 1. The number of hydrogen-bond acceptors (Lipinski definition) is 3. The second kappa shape index (κ2) is 4.81. The number of amides is 1. The molecule has 5 nitrogen and oxygen atoms in total. The van der Waals surface area contributed by atoms with Gasteiger partial charge in [-0.1, -0.05) is 6.42 Å². The molecule has 2 aliphatic carbocycles. The Labute approximate surface area is 116 Å². The highest BCUT2D eigenvalue weighted by Gasteiger charge is 2.43. The van der Waals surface area contributed by atoms with Crippen molar-refractivity contribution in [2.45, 2.75) is 25.7 Å². The zero-order chi connectivity index (χ0) is 14.3. The first-order chi connectivity index (χ1) is 9.54. The lowest BCUT2D eigenvalue weighted by Gasteiger charge is -2.21. The fourth-order valence-corrected chi connectivity index (χ4v) is 3.61. The maximum absolute atomic E-state index is 12.3. The topological polar surface area (TPSA) is 86.6 Å². The van der Waals surface area contributed by atoms with Crippen molar-refractivity contribution in [2.24, 2.45) is 17.8 Å². The summed E-state index contributed by atoms with van der Waals surface area (Å²) in [6.07, 6.45) is 4.36. The van der Waals surface area contributed by atoms with Crippen molar-refractivity contribution < 1.29 is 19.8 Å². The van der Waals surface area contributed by atoms with Crippen molar-refractivity contribution in [1.29, 1.82) is 0 Å². The molecule has 0 spiro atoms. The fraction of sp³-hybridized carbons (Fsp3) is 0.467. The van der Waals surface area contributed by atoms with Crippen LogP contribution in [0.1, 0.15) is 36.0 Å². The number of carboxylic acid groups (broad SMARTS) is 1. The number of phenols is 1. The van der Waals surface area contributed by atoms with Crippen LogP contribution in [0.2, 0.25) is 0 Å². The van der Waals surface area contributed by atoms with E-state index in [0.29, 0.717) is 11.8 Å². The van der Waals surface area contributed by atoms with Gasteiger partial charge in [0.15, 0.2) is 0 Å². The van der Waals surface area contributed by atoms with E-state index in [1.165, 1.54) is 18.6 Å². The molecular weight excluding hydrogens is 258 g/mol. The van der Waals surface area contributed by atoms with Gasteiger partial charge in [-0.2, -0.15) is 0 Å².